The lowest BCUT2D eigenvalue weighted by molar-refractivity contribution is -0.122. The second kappa shape index (κ2) is 5.05. The van der Waals surface area contributed by atoms with Gasteiger partial charge >= 0.3 is 0 Å². The summed E-state index contributed by atoms with van der Waals surface area (Å²) in [5, 5.41) is 9.75. The molecule has 6 heteroatoms. The molecule has 1 unspecified atom stereocenters. The highest BCUT2D eigenvalue weighted by Gasteiger charge is 2.26. The number of phenols is 1. The van der Waals surface area contributed by atoms with Crippen LogP contribution in [0.25, 0.3) is 0 Å². The number of nitrogens with two attached hydrogens (primary N) is 1. The van der Waals surface area contributed by atoms with Gasteiger partial charge in [-0.25, -0.2) is 0 Å². The van der Waals surface area contributed by atoms with Crippen molar-refractivity contribution in [3.63, 3.8) is 0 Å². The molecule has 1 fully saturated rings. The van der Waals surface area contributed by atoms with Gasteiger partial charge in [0.15, 0.2) is 12.0 Å². The molecule has 0 radical (unpaired) electrons. The second-order valence-corrected chi connectivity index (χ2v) is 4.04. The maximum absolute atomic E-state index is 12.2. The number of anilines is 1. The minimum atomic E-state index is -0.606. The molecule has 18 heavy (non-hydrogen) atoms. The molecule has 6 nitrogen and oxygen atoms in total. The first-order valence-corrected chi connectivity index (χ1v) is 5.57. The average molecular weight is 250 g/mol. The molecule has 0 saturated carbocycles. The van der Waals surface area contributed by atoms with E-state index in [4.69, 9.17) is 10.5 Å². The Morgan fingerprint density at radius 1 is 1.56 bits per heavy atom. The number of amides is 1. The molecule has 1 amide bonds. The van der Waals surface area contributed by atoms with Crippen molar-refractivity contribution in [3.8, 4) is 5.75 Å². The molecule has 0 spiro atoms. The number of nitrogen functional groups attached to an aromatic ring is 1. The molecule has 1 saturated heterocycles. The molecule has 1 aromatic rings. The molecular weight excluding hydrogens is 236 g/mol. The quantitative estimate of drug-likeness (QED) is 0.438. The van der Waals surface area contributed by atoms with Crippen molar-refractivity contribution in [2.45, 2.75) is 6.10 Å². The summed E-state index contributed by atoms with van der Waals surface area (Å²) in [6.07, 6.45) is 0.0597. The van der Waals surface area contributed by atoms with E-state index in [1.54, 1.807) is 6.07 Å². The van der Waals surface area contributed by atoms with Crippen molar-refractivity contribution < 1.29 is 19.4 Å². The lowest BCUT2D eigenvalue weighted by Crippen LogP contribution is -2.46. The number of carbonyl (C=O) groups is 2. The van der Waals surface area contributed by atoms with Gasteiger partial charge in [-0.05, 0) is 12.1 Å². The minimum absolute atomic E-state index is 0.140. The summed E-state index contributed by atoms with van der Waals surface area (Å²) < 4.78 is 5.15. The molecule has 1 atom stereocenters. The number of phenolic OH excluding ortho intramolecular Hbond substituents is 1. The van der Waals surface area contributed by atoms with Crippen molar-refractivity contribution in [1.29, 1.82) is 0 Å². The summed E-state index contributed by atoms with van der Waals surface area (Å²) >= 11 is 0. The largest absolute Gasteiger partial charge is 0.505 e. The summed E-state index contributed by atoms with van der Waals surface area (Å²) in [4.78, 5) is 24.3. The summed E-state index contributed by atoms with van der Waals surface area (Å²) in [6.45, 7) is 0.881. The Labute approximate surface area is 104 Å². The van der Waals surface area contributed by atoms with E-state index in [0.29, 0.717) is 19.4 Å². The van der Waals surface area contributed by atoms with Crippen LogP contribution in [0.3, 0.4) is 0 Å². The van der Waals surface area contributed by atoms with Crippen molar-refractivity contribution in [2.75, 3.05) is 25.4 Å². The number of para-hydroxylation sites is 1. The number of aldehydes is 1. The van der Waals surface area contributed by atoms with Crippen LogP contribution in [0.15, 0.2) is 18.2 Å². The van der Waals surface area contributed by atoms with Crippen LogP contribution in [-0.4, -0.2) is 48.0 Å². The fraction of sp³-hybridized carbons (Fsp3) is 0.333. The van der Waals surface area contributed by atoms with Gasteiger partial charge in [0.05, 0.1) is 24.4 Å². The number of aromatic hydroxyl groups is 1. The third-order valence-corrected chi connectivity index (χ3v) is 2.83. The molecule has 1 heterocycles. The van der Waals surface area contributed by atoms with Crippen LogP contribution in [-0.2, 0) is 9.53 Å². The summed E-state index contributed by atoms with van der Waals surface area (Å²) in [5.74, 6) is -0.577. The molecule has 0 aromatic heterocycles. The van der Waals surface area contributed by atoms with E-state index in [-0.39, 0.29) is 29.5 Å². The molecule has 2 rings (SSSR count). The first kappa shape index (κ1) is 12.4. The Morgan fingerprint density at radius 2 is 2.33 bits per heavy atom. The molecular formula is C12H14N2O4. The van der Waals surface area contributed by atoms with Crippen LogP contribution >= 0.6 is 0 Å². The van der Waals surface area contributed by atoms with Crippen molar-refractivity contribution in [2.24, 2.45) is 0 Å². The Kier molecular flexibility index (Phi) is 3.47. The topological polar surface area (TPSA) is 92.9 Å². The van der Waals surface area contributed by atoms with E-state index in [1.807, 2.05) is 0 Å². The fourth-order valence-corrected chi connectivity index (χ4v) is 1.85. The number of morpholine rings is 1. The van der Waals surface area contributed by atoms with Crippen molar-refractivity contribution in [3.05, 3.63) is 23.8 Å². The van der Waals surface area contributed by atoms with E-state index < -0.39 is 6.10 Å². The standard InChI is InChI=1S/C12H14N2O4/c13-10-3-1-2-9(11(10)16)12(17)14-4-5-18-8(6-14)7-15/h1-3,7-8,16H,4-6,13H2. The lowest BCUT2D eigenvalue weighted by atomic mass is 10.1. The molecule has 1 aliphatic rings. The number of rotatable bonds is 2. The van der Waals surface area contributed by atoms with E-state index in [9.17, 15) is 14.7 Å². The Balaban J connectivity index is 2.20. The van der Waals surface area contributed by atoms with Crippen LogP contribution in [0.1, 0.15) is 10.4 Å². The molecule has 1 aliphatic heterocycles. The zero-order chi connectivity index (χ0) is 13.1. The van der Waals surface area contributed by atoms with Gasteiger partial charge in [0.25, 0.3) is 5.91 Å². The van der Waals surface area contributed by atoms with Crippen molar-refractivity contribution >= 4 is 17.9 Å². The third kappa shape index (κ3) is 2.28. The molecule has 0 bridgehead atoms. The Hall–Kier alpha value is -2.08. The van der Waals surface area contributed by atoms with Gasteiger partial charge in [0.1, 0.15) is 6.10 Å². The number of carbonyl (C=O) groups excluding carboxylic acids is 2. The number of benzene rings is 1. The van der Waals surface area contributed by atoms with Crippen LogP contribution in [0, 0.1) is 0 Å². The monoisotopic (exact) mass is 250 g/mol. The Bertz CT molecular complexity index is 475. The van der Waals surface area contributed by atoms with Gasteiger partial charge in [-0.3, -0.25) is 4.79 Å². The maximum Gasteiger partial charge on any atom is 0.257 e. The summed E-state index contributed by atoms with van der Waals surface area (Å²) in [6, 6.07) is 4.61. The molecule has 96 valence electrons. The third-order valence-electron chi connectivity index (χ3n) is 2.83. The van der Waals surface area contributed by atoms with E-state index in [1.165, 1.54) is 17.0 Å². The minimum Gasteiger partial charge on any atom is -0.505 e. The second-order valence-electron chi connectivity index (χ2n) is 4.04. The average Bonchev–Trinajstić information content (AvgIpc) is 2.41. The van der Waals surface area contributed by atoms with E-state index in [2.05, 4.69) is 0 Å². The van der Waals surface area contributed by atoms with Gasteiger partial charge in [-0.15, -0.1) is 0 Å². The van der Waals surface area contributed by atoms with Gasteiger partial charge in [-0.2, -0.15) is 0 Å². The number of nitrogens with zero attached hydrogens (tertiary/aromatic N) is 1. The Morgan fingerprint density at radius 3 is 3.06 bits per heavy atom. The number of hydrogen-bond acceptors (Lipinski definition) is 5. The molecule has 1 aromatic carbocycles. The zero-order valence-corrected chi connectivity index (χ0v) is 9.70. The lowest BCUT2D eigenvalue weighted by Gasteiger charge is -2.30. The summed E-state index contributed by atoms with van der Waals surface area (Å²) in [5.41, 5.74) is 5.83. The molecule has 3 N–H and O–H groups in total. The number of hydrogen-bond donors (Lipinski definition) is 2. The van der Waals surface area contributed by atoms with Crippen LogP contribution in [0.4, 0.5) is 5.69 Å². The van der Waals surface area contributed by atoms with Crippen LogP contribution in [0.2, 0.25) is 0 Å². The van der Waals surface area contributed by atoms with Crippen LogP contribution in [0.5, 0.6) is 5.75 Å². The predicted molar refractivity (Wildman–Crippen MR) is 64.2 cm³/mol. The van der Waals surface area contributed by atoms with Crippen molar-refractivity contribution in [1.82, 2.24) is 4.90 Å². The van der Waals surface area contributed by atoms with Gasteiger partial charge in [0, 0.05) is 6.54 Å². The van der Waals surface area contributed by atoms with E-state index in [0.717, 1.165) is 0 Å². The first-order valence-electron chi connectivity index (χ1n) is 5.57. The zero-order valence-electron chi connectivity index (χ0n) is 9.70. The smallest absolute Gasteiger partial charge is 0.257 e. The predicted octanol–water partition coefficient (Wildman–Crippen LogP) is 0.0143. The van der Waals surface area contributed by atoms with E-state index >= 15 is 0 Å². The SMILES string of the molecule is Nc1cccc(C(=O)N2CCOC(C=O)C2)c1O. The first-order chi connectivity index (χ1) is 8.63. The number of ether oxygens (including phenoxy) is 1. The van der Waals surface area contributed by atoms with Gasteiger partial charge < -0.3 is 25.3 Å². The highest BCUT2D eigenvalue weighted by Crippen LogP contribution is 2.26. The maximum atomic E-state index is 12.2. The normalized spacial score (nSPS) is 19.6. The van der Waals surface area contributed by atoms with Gasteiger partial charge in [0.2, 0.25) is 0 Å². The highest BCUT2D eigenvalue weighted by molar-refractivity contribution is 5.98. The fourth-order valence-electron chi connectivity index (χ4n) is 1.85. The highest BCUT2D eigenvalue weighted by atomic mass is 16.5. The summed E-state index contributed by atoms with van der Waals surface area (Å²) in [7, 11) is 0. The van der Waals surface area contributed by atoms with Gasteiger partial charge in [-0.1, -0.05) is 6.07 Å². The molecule has 0 aliphatic carbocycles. The van der Waals surface area contributed by atoms with Crippen LogP contribution < -0.4 is 5.73 Å².